The van der Waals surface area contributed by atoms with Crippen LogP contribution in [0.5, 0.6) is 11.5 Å². The summed E-state index contributed by atoms with van der Waals surface area (Å²) in [4.78, 5) is 25.4. The van der Waals surface area contributed by atoms with Crippen LogP contribution < -0.4 is 14.8 Å². The Hall–Kier alpha value is -3.89. The number of amides is 1. The number of rotatable bonds is 7. The molecule has 0 saturated carbocycles. The second-order valence-electron chi connectivity index (χ2n) is 8.66. The van der Waals surface area contributed by atoms with Gasteiger partial charge in [-0.2, -0.15) is 4.31 Å². The van der Waals surface area contributed by atoms with E-state index in [2.05, 4.69) is 5.32 Å². The minimum atomic E-state index is -3.85. The minimum absolute atomic E-state index is 0.159. The van der Waals surface area contributed by atoms with Gasteiger partial charge < -0.3 is 19.5 Å². The molecule has 0 spiro atoms. The molecule has 3 aromatic rings. The van der Waals surface area contributed by atoms with Crippen molar-refractivity contribution in [1.29, 1.82) is 0 Å². The highest BCUT2D eigenvalue weighted by Gasteiger charge is 2.37. The molecule has 10 heteroatoms. The van der Waals surface area contributed by atoms with E-state index in [1.54, 1.807) is 36.4 Å². The Kier molecular flexibility index (Phi) is 7.11. The molecule has 5 rings (SSSR count). The second-order valence-corrected chi connectivity index (χ2v) is 10.6. The number of carbonyl (C=O) groups is 2. The summed E-state index contributed by atoms with van der Waals surface area (Å²) in [6.07, 6.45) is 0.312. The van der Waals surface area contributed by atoms with E-state index in [0.717, 1.165) is 11.1 Å². The van der Waals surface area contributed by atoms with Crippen molar-refractivity contribution in [3.05, 3.63) is 83.9 Å². The Morgan fingerprint density at radius 1 is 0.946 bits per heavy atom. The molecular weight excluding hydrogens is 496 g/mol. The SMILES string of the molecule is O=C(COC(=O)C[C@H]1c2ccccc2CCN1S(=O)(=O)c1ccccc1)Nc1ccc2c(c1)OCCO2. The number of sulfonamides is 1. The van der Waals surface area contributed by atoms with Crippen LogP contribution in [0.4, 0.5) is 5.69 Å². The molecule has 0 unspecified atom stereocenters. The highest BCUT2D eigenvalue weighted by molar-refractivity contribution is 7.89. The Morgan fingerprint density at radius 3 is 2.49 bits per heavy atom. The fourth-order valence-corrected chi connectivity index (χ4v) is 6.16. The van der Waals surface area contributed by atoms with Crippen LogP contribution >= 0.6 is 0 Å². The molecule has 3 aromatic carbocycles. The first kappa shape index (κ1) is 24.8. The number of nitrogens with zero attached hydrogens (tertiary/aromatic N) is 1. The number of fused-ring (bicyclic) bond motifs is 2. The molecular formula is C27H26N2O7S. The van der Waals surface area contributed by atoms with E-state index >= 15 is 0 Å². The first-order valence-electron chi connectivity index (χ1n) is 11.9. The third kappa shape index (κ3) is 5.45. The molecule has 0 bridgehead atoms. The van der Waals surface area contributed by atoms with E-state index in [4.69, 9.17) is 14.2 Å². The molecule has 0 aromatic heterocycles. The maximum atomic E-state index is 13.5. The molecule has 192 valence electrons. The third-order valence-corrected chi connectivity index (χ3v) is 8.19. The van der Waals surface area contributed by atoms with Gasteiger partial charge in [0, 0.05) is 18.3 Å². The van der Waals surface area contributed by atoms with Gasteiger partial charge in [-0.1, -0.05) is 42.5 Å². The molecule has 1 amide bonds. The van der Waals surface area contributed by atoms with E-state index in [1.807, 2.05) is 24.3 Å². The van der Waals surface area contributed by atoms with Gasteiger partial charge in [-0.05, 0) is 41.8 Å². The molecule has 2 heterocycles. The van der Waals surface area contributed by atoms with Crippen LogP contribution in [-0.4, -0.2) is 51.0 Å². The summed E-state index contributed by atoms with van der Waals surface area (Å²) < 4.78 is 44.5. The van der Waals surface area contributed by atoms with Crippen LogP contribution in [0, 0.1) is 0 Å². The molecule has 0 fully saturated rings. The molecule has 2 aliphatic heterocycles. The van der Waals surface area contributed by atoms with Gasteiger partial charge in [-0.25, -0.2) is 8.42 Å². The number of anilines is 1. The van der Waals surface area contributed by atoms with Crippen molar-refractivity contribution in [2.75, 3.05) is 31.7 Å². The number of ether oxygens (including phenoxy) is 3. The average Bonchev–Trinajstić information content (AvgIpc) is 2.92. The molecule has 1 N–H and O–H groups in total. The van der Waals surface area contributed by atoms with Crippen LogP contribution in [-0.2, 0) is 30.8 Å². The van der Waals surface area contributed by atoms with Gasteiger partial charge in [-0.15, -0.1) is 0 Å². The summed E-state index contributed by atoms with van der Waals surface area (Å²) in [6.45, 7) is 0.609. The summed E-state index contributed by atoms with van der Waals surface area (Å²) in [5.41, 5.74) is 2.22. The zero-order valence-electron chi connectivity index (χ0n) is 20.0. The highest BCUT2D eigenvalue weighted by Crippen LogP contribution is 2.36. The molecule has 9 nitrogen and oxygen atoms in total. The molecule has 2 aliphatic rings. The first-order chi connectivity index (χ1) is 17.9. The monoisotopic (exact) mass is 522 g/mol. The Bertz CT molecular complexity index is 1410. The number of nitrogens with one attached hydrogen (secondary N) is 1. The Morgan fingerprint density at radius 2 is 1.68 bits per heavy atom. The second kappa shape index (κ2) is 10.6. The minimum Gasteiger partial charge on any atom is -0.486 e. The maximum absolute atomic E-state index is 13.5. The van der Waals surface area contributed by atoms with Gasteiger partial charge in [0.1, 0.15) is 13.2 Å². The smallest absolute Gasteiger partial charge is 0.308 e. The fourth-order valence-electron chi connectivity index (χ4n) is 4.54. The summed E-state index contributed by atoms with van der Waals surface area (Å²) in [5.74, 6) is -0.0784. The third-order valence-electron chi connectivity index (χ3n) is 6.26. The topological polar surface area (TPSA) is 111 Å². The standard InChI is InChI=1S/C27H26N2O7S/c30-26(28-20-10-11-24-25(16-20)35-15-14-34-24)18-36-27(31)17-23-22-9-5-4-6-19(22)12-13-29(23)37(32,33)21-7-2-1-3-8-21/h1-11,16,23H,12-15,17-18H2,(H,28,30)/t23-/m0/s1. The van der Waals surface area contributed by atoms with Gasteiger partial charge in [0.05, 0.1) is 17.4 Å². The lowest BCUT2D eigenvalue weighted by Crippen LogP contribution is -2.41. The lowest BCUT2D eigenvalue weighted by molar-refractivity contribution is -0.148. The predicted molar refractivity (Wildman–Crippen MR) is 135 cm³/mol. The summed E-state index contributed by atoms with van der Waals surface area (Å²) in [5, 5.41) is 2.66. The predicted octanol–water partition coefficient (Wildman–Crippen LogP) is 3.32. The Labute approximate surface area is 215 Å². The summed E-state index contributed by atoms with van der Waals surface area (Å²) >= 11 is 0. The lowest BCUT2D eigenvalue weighted by atomic mass is 9.92. The maximum Gasteiger partial charge on any atom is 0.308 e. The largest absolute Gasteiger partial charge is 0.486 e. The number of hydrogen-bond acceptors (Lipinski definition) is 7. The van der Waals surface area contributed by atoms with Crippen LogP contribution in [0.2, 0.25) is 0 Å². The average molecular weight is 523 g/mol. The molecule has 0 aliphatic carbocycles. The van der Waals surface area contributed by atoms with Crippen LogP contribution in [0.3, 0.4) is 0 Å². The van der Waals surface area contributed by atoms with Gasteiger partial charge in [0.25, 0.3) is 5.91 Å². The quantitative estimate of drug-likeness (QED) is 0.474. The molecule has 1 atom stereocenters. The van der Waals surface area contributed by atoms with Gasteiger partial charge >= 0.3 is 5.97 Å². The van der Waals surface area contributed by atoms with Crippen molar-refractivity contribution < 1.29 is 32.2 Å². The van der Waals surface area contributed by atoms with E-state index in [9.17, 15) is 18.0 Å². The van der Waals surface area contributed by atoms with E-state index in [-0.39, 0.29) is 17.9 Å². The number of carbonyl (C=O) groups excluding carboxylic acids is 2. The van der Waals surface area contributed by atoms with Gasteiger partial charge in [0.15, 0.2) is 18.1 Å². The van der Waals surface area contributed by atoms with Crippen molar-refractivity contribution in [1.82, 2.24) is 4.31 Å². The van der Waals surface area contributed by atoms with Crippen LogP contribution in [0.1, 0.15) is 23.6 Å². The highest BCUT2D eigenvalue weighted by atomic mass is 32.2. The van der Waals surface area contributed by atoms with Crippen molar-refractivity contribution in [3.63, 3.8) is 0 Å². The summed E-state index contributed by atoms with van der Waals surface area (Å²) in [7, 11) is -3.85. The van der Waals surface area contributed by atoms with Crippen molar-refractivity contribution in [3.8, 4) is 11.5 Å². The lowest BCUT2D eigenvalue weighted by Gasteiger charge is -2.36. The normalized spacial score (nSPS) is 16.9. The molecule has 37 heavy (non-hydrogen) atoms. The number of hydrogen-bond donors (Lipinski definition) is 1. The number of benzene rings is 3. The molecule has 0 radical (unpaired) electrons. The first-order valence-corrected chi connectivity index (χ1v) is 13.4. The number of esters is 1. The van der Waals surface area contributed by atoms with Crippen LogP contribution in [0.15, 0.2) is 77.7 Å². The van der Waals surface area contributed by atoms with E-state index in [1.165, 1.54) is 16.4 Å². The van der Waals surface area contributed by atoms with E-state index in [0.29, 0.717) is 36.8 Å². The van der Waals surface area contributed by atoms with Crippen LogP contribution in [0.25, 0.3) is 0 Å². The van der Waals surface area contributed by atoms with Crippen molar-refractivity contribution >= 4 is 27.6 Å². The fraction of sp³-hybridized carbons (Fsp3) is 0.259. The summed E-state index contributed by atoms with van der Waals surface area (Å²) in [6, 6.07) is 19.8. The zero-order valence-corrected chi connectivity index (χ0v) is 20.8. The van der Waals surface area contributed by atoms with Crippen molar-refractivity contribution in [2.45, 2.75) is 23.8 Å². The van der Waals surface area contributed by atoms with Gasteiger partial charge in [0.2, 0.25) is 10.0 Å². The van der Waals surface area contributed by atoms with E-state index < -0.39 is 34.5 Å². The van der Waals surface area contributed by atoms with Gasteiger partial charge in [-0.3, -0.25) is 9.59 Å². The Balaban J connectivity index is 1.27. The molecule has 0 saturated heterocycles. The van der Waals surface area contributed by atoms with Crippen molar-refractivity contribution in [2.24, 2.45) is 0 Å². The zero-order chi connectivity index (χ0) is 25.8.